The van der Waals surface area contributed by atoms with Crippen LogP contribution in [-0.4, -0.2) is 68.7 Å². The van der Waals surface area contributed by atoms with Gasteiger partial charge in [-0.05, 0) is 25.7 Å². The van der Waals surface area contributed by atoms with Crippen LogP contribution in [-0.2, 0) is 19.6 Å². The highest BCUT2D eigenvalue weighted by Gasteiger charge is 2.30. The van der Waals surface area contributed by atoms with E-state index in [4.69, 9.17) is 4.74 Å². The molecule has 0 aromatic carbocycles. The molecule has 0 bridgehead atoms. The van der Waals surface area contributed by atoms with E-state index >= 15 is 0 Å². The van der Waals surface area contributed by atoms with Crippen LogP contribution >= 0.6 is 0 Å². The zero-order chi connectivity index (χ0) is 16.0. The summed E-state index contributed by atoms with van der Waals surface area (Å²) < 4.78 is 31.4. The molecule has 22 heavy (non-hydrogen) atoms. The van der Waals surface area contributed by atoms with Crippen LogP contribution < -0.4 is 0 Å². The van der Waals surface area contributed by atoms with Gasteiger partial charge in [-0.3, -0.25) is 4.79 Å². The number of hydrogen-bond donors (Lipinski definition) is 0. The van der Waals surface area contributed by atoms with Crippen LogP contribution in [0.4, 0.5) is 0 Å². The minimum atomic E-state index is -3.17. The third kappa shape index (κ3) is 4.67. The normalized spacial score (nSPS) is 22.5. The van der Waals surface area contributed by atoms with Crippen molar-refractivity contribution in [3.63, 3.8) is 0 Å². The number of hydrogen-bond acceptors (Lipinski definition) is 4. The minimum absolute atomic E-state index is 0.0528. The molecule has 128 valence electrons. The van der Waals surface area contributed by atoms with E-state index in [9.17, 15) is 13.2 Å². The first kappa shape index (κ1) is 17.7. The molecule has 0 radical (unpaired) electrons. The van der Waals surface area contributed by atoms with Crippen molar-refractivity contribution < 1.29 is 17.9 Å². The van der Waals surface area contributed by atoms with E-state index in [1.54, 1.807) is 4.31 Å². The predicted molar refractivity (Wildman–Crippen MR) is 85.0 cm³/mol. The average Bonchev–Trinajstić information content (AvgIpc) is 2.80. The molecule has 2 fully saturated rings. The minimum Gasteiger partial charge on any atom is -0.381 e. The van der Waals surface area contributed by atoms with Gasteiger partial charge in [0.05, 0.1) is 5.75 Å². The number of sulfonamides is 1. The second-order valence-corrected chi connectivity index (χ2v) is 8.22. The molecular weight excluding hydrogens is 304 g/mol. The van der Waals surface area contributed by atoms with Crippen molar-refractivity contribution >= 4 is 15.9 Å². The van der Waals surface area contributed by atoms with Crippen molar-refractivity contribution in [1.29, 1.82) is 0 Å². The van der Waals surface area contributed by atoms with Crippen LogP contribution in [0.3, 0.4) is 0 Å². The quantitative estimate of drug-likeness (QED) is 0.755. The number of ether oxygens (including phenoxy) is 1. The van der Waals surface area contributed by atoms with Gasteiger partial charge in [-0.1, -0.05) is 13.3 Å². The van der Waals surface area contributed by atoms with Crippen molar-refractivity contribution in [2.24, 2.45) is 5.92 Å². The number of nitrogens with zero attached hydrogens (tertiary/aromatic N) is 2. The molecule has 2 rings (SSSR count). The van der Waals surface area contributed by atoms with Gasteiger partial charge in [0, 0.05) is 45.3 Å². The van der Waals surface area contributed by atoms with Crippen molar-refractivity contribution in [3.8, 4) is 0 Å². The molecule has 0 spiro atoms. The van der Waals surface area contributed by atoms with Crippen LogP contribution in [0.15, 0.2) is 0 Å². The summed E-state index contributed by atoms with van der Waals surface area (Å²) in [5.41, 5.74) is 0. The van der Waals surface area contributed by atoms with Gasteiger partial charge >= 0.3 is 0 Å². The Hall–Kier alpha value is -0.660. The highest BCUT2D eigenvalue weighted by molar-refractivity contribution is 7.89. The van der Waals surface area contributed by atoms with E-state index in [0.29, 0.717) is 45.8 Å². The van der Waals surface area contributed by atoms with E-state index < -0.39 is 10.0 Å². The number of carbonyl (C=O) groups is 1. The maximum Gasteiger partial charge on any atom is 0.225 e. The molecule has 2 saturated heterocycles. The van der Waals surface area contributed by atoms with Crippen molar-refractivity contribution in [3.05, 3.63) is 0 Å². The number of carbonyl (C=O) groups excluding carboxylic acids is 1. The van der Waals surface area contributed by atoms with Crippen LogP contribution in [0.1, 0.15) is 39.0 Å². The maximum atomic E-state index is 12.5. The molecule has 0 N–H and O–H groups in total. The first-order chi connectivity index (χ1) is 10.5. The molecule has 1 amide bonds. The molecule has 2 heterocycles. The second kappa shape index (κ2) is 8.26. The second-order valence-electron chi connectivity index (χ2n) is 6.13. The Labute approximate surface area is 133 Å². The van der Waals surface area contributed by atoms with Gasteiger partial charge in [0.15, 0.2) is 0 Å². The molecule has 6 nitrogen and oxygen atoms in total. The molecule has 2 aliphatic heterocycles. The molecule has 0 atom stereocenters. The van der Waals surface area contributed by atoms with Crippen LogP contribution in [0.2, 0.25) is 0 Å². The van der Waals surface area contributed by atoms with Gasteiger partial charge in [-0.15, -0.1) is 0 Å². The van der Waals surface area contributed by atoms with Crippen molar-refractivity contribution in [2.45, 2.75) is 39.0 Å². The number of rotatable bonds is 5. The van der Waals surface area contributed by atoms with Gasteiger partial charge in [0.2, 0.25) is 15.9 Å². The van der Waals surface area contributed by atoms with E-state index in [-0.39, 0.29) is 17.6 Å². The SMILES string of the molecule is CCCCS(=O)(=O)N1CCCN(C(=O)C2CCOCC2)CC1. The molecule has 0 aromatic heterocycles. The fourth-order valence-corrected chi connectivity index (χ4v) is 4.73. The van der Waals surface area contributed by atoms with Crippen molar-refractivity contribution in [2.75, 3.05) is 45.1 Å². The van der Waals surface area contributed by atoms with E-state index in [0.717, 1.165) is 25.7 Å². The summed E-state index contributed by atoms with van der Waals surface area (Å²) in [7, 11) is -3.17. The molecular formula is C15H28N2O4S. The first-order valence-corrected chi connectivity index (χ1v) is 10.00. The van der Waals surface area contributed by atoms with E-state index in [1.807, 2.05) is 11.8 Å². The molecule has 0 unspecified atom stereocenters. The summed E-state index contributed by atoms with van der Waals surface area (Å²) in [6.07, 6.45) is 3.87. The number of amides is 1. The summed E-state index contributed by atoms with van der Waals surface area (Å²) in [5, 5.41) is 0. The van der Waals surface area contributed by atoms with Crippen molar-refractivity contribution in [1.82, 2.24) is 9.21 Å². The maximum absolute atomic E-state index is 12.5. The molecule has 2 aliphatic rings. The summed E-state index contributed by atoms with van der Waals surface area (Å²) >= 11 is 0. The highest BCUT2D eigenvalue weighted by Crippen LogP contribution is 2.19. The molecule has 0 aliphatic carbocycles. The topological polar surface area (TPSA) is 66.9 Å². The lowest BCUT2D eigenvalue weighted by Crippen LogP contribution is -2.41. The van der Waals surface area contributed by atoms with E-state index in [2.05, 4.69) is 0 Å². The lowest BCUT2D eigenvalue weighted by atomic mass is 9.98. The van der Waals surface area contributed by atoms with Gasteiger partial charge in [-0.2, -0.15) is 0 Å². The predicted octanol–water partition coefficient (Wildman–Crippen LogP) is 1.08. The Morgan fingerprint density at radius 2 is 1.86 bits per heavy atom. The third-order valence-corrected chi connectivity index (χ3v) is 6.44. The van der Waals surface area contributed by atoms with Gasteiger partial charge in [0.25, 0.3) is 0 Å². The summed E-state index contributed by atoms with van der Waals surface area (Å²) in [6.45, 7) is 5.44. The Bertz CT molecular complexity index is 460. The molecule has 0 aromatic rings. The van der Waals surface area contributed by atoms with E-state index in [1.165, 1.54) is 0 Å². The third-order valence-electron chi connectivity index (χ3n) is 4.49. The smallest absolute Gasteiger partial charge is 0.225 e. The van der Waals surface area contributed by atoms with Gasteiger partial charge in [0.1, 0.15) is 0 Å². The summed E-state index contributed by atoms with van der Waals surface area (Å²) in [4.78, 5) is 14.4. The Morgan fingerprint density at radius 1 is 1.14 bits per heavy atom. The largest absolute Gasteiger partial charge is 0.381 e. The summed E-state index contributed by atoms with van der Waals surface area (Å²) in [5.74, 6) is 0.449. The Kier molecular flexibility index (Phi) is 6.65. The summed E-state index contributed by atoms with van der Waals surface area (Å²) in [6, 6.07) is 0. The standard InChI is InChI=1S/C15H28N2O4S/c1-2-3-13-22(19,20)17-8-4-7-16(9-10-17)15(18)14-5-11-21-12-6-14/h14H,2-13H2,1H3. The first-order valence-electron chi connectivity index (χ1n) is 8.39. The average molecular weight is 332 g/mol. The lowest BCUT2D eigenvalue weighted by molar-refractivity contribution is -0.138. The Balaban J connectivity index is 1.90. The molecule has 7 heteroatoms. The van der Waals surface area contributed by atoms with Crippen LogP contribution in [0, 0.1) is 5.92 Å². The van der Waals surface area contributed by atoms with Crippen LogP contribution in [0.5, 0.6) is 0 Å². The molecule has 0 saturated carbocycles. The van der Waals surface area contributed by atoms with Gasteiger partial charge in [-0.25, -0.2) is 12.7 Å². The Morgan fingerprint density at radius 3 is 2.55 bits per heavy atom. The van der Waals surface area contributed by atoms with Gasteiger partial charge < -0.3 is 9.64 Å². The number of unbranched alkanes of at least 4 members (excludes halogenated alkanes) is 1. The fourth-order valence-electron chi connectivity index (χ4n) is 3.05. The fraction of sp³-hybridized carbons (Fsp3) is 0.933. The zero-order valence-electron chi connectivity index (χ0n) is 13.5. The lowest BCUT2D eigenvalue weighted by Gasteiger charge is -2.28. The highest BCUT2D eigenvalue weighted by atomic mass is 32.2. The van der Waals surface area contributed by atoms with Crippen LogP contribution in [0.25, 0.3) is 0 Å². The monoisotopic (exact) mass is 332 g/mol. The zero-order valence-corrected chi connectivity index (χ0v) is 14.3.